The topological polar surface area (TPSA) is 181 Å². The summed E-state index contributed by atoms with van der Waals surface area (Å²) >= 11 is 2.41. The van der Waals surface area contributed by atoms with E-state index in [1.807, 2.05) is 50.2 Å². The Kier molecular flexibility index (Phi) is 11.9. The van der Waals surface area contributed by atoms with Crippen LogP contribution in [-0.4, -0.2) is 103 Å². The smallest absolute Gasteiger partial charge is 0.459 e. The van der Waals surface area contributed by atoms with Crippen molar-refractivity contribution in [3.05, 3.63) is 102 Å². The minimum absolute atomic E-state index is 0.0147. The van der Waals surface area contributed by atoms with Gasteiger partial charge in [-0.3, -0.25) is 24.1 Å². The third-order valence-corrected chi connectivity index (χ3v) is 12.6. The second-order valence-electron chi connectivity index (χ2n) is 13.6. The average molecular weight is 804 g/mol. The Balaban J connectivity index is 1.20. The predicted octanol–water partition coefficient (Wildman–Crippen LogP) is 3.82. The van der Waals surface area contributed by atoms with Crippen LogP contribution in [0.1, 0.15) is 43.5 Å². The average Bonchev–Trinajstić information content (AvgIpc) is 3.47. The van der Waals surface area contributed by atoms with Crippen molar-refractivity contribution in [2.45, 2.75) is 61.1 Å². The fourth-order valence-corrected chi connectivity index (χ4v) is 9.47. The molecule has 294 valence electrons. The zero-order valence-electron chi connectivity index (χ0n) is 31.1. The van der Waals surface area contributed by atoms with Crippen molar-refractivity contribution in [1.82, 2.24) is 25.3 Å². The van der Waals surface area contributed by atoms with Gasteiger partial charge in [-0.25, -0.2) is 14.4 Å². The number of esters is 1. The highest BCUT2D eigenvalue weighted by Crippen LogP contribution is 2.58. The lowest BCUT2D eigenvalue weighted by atomic mass is 9.95. The molecule has 3 aliphatic rings. The summed E-state index contributed by atoms with van der Waals surface area (Å²) in [4.78, 5) is 95.3. The van der Waals surface area contributed by atoms with Gasteiger partial charge >= 0.3 is 30.0 Å². The number of β-lactam (4-membered cyclic amide) rings is 1. The van der Waals surface area contributed by atoms with Crippen LogP contribution in [0.15, 0.2) is 84.9 Å². The van der Waals surface area contributed by atoms with E-state index in [0.717, 1.165) is 27.8 Å². The fourth-order valence-electron chi connectivity index (χ4n) is 6.67. The highest BCUT2D eigenvalue weighted by Gasteiger charge is 2.72. The lowest BCUT2D eigenvalue weighted by molar-refractivity contribution is -0.167. The van der Waals surface area contributed by atoms with Crippen molar-refractivity contribution in [2.75, 3.05) is 25.9 Å². The molecule has 2 N–H and O–H groups in total. The SMILES string of the molecule is CCN1CCN(C(=O)NC(C(=O)N[C@]2(SC)C(=O)N3[C@@H](C(=O)OCc4ccccc4)C(C)(C)S[C@@H]32)c2ccc(OC(=O)OCc3ccccc3)cc2)C(=O)C1=O. The molecule has 0 spiro atoms. The molecule has 3 heterocycles. The molecular weight excluding hydrogens is 763 g/mol. The van der Waals surface area contributed by atoms with Crippen LogP contribution in [0.4, 0.5) is 9.59 Å². The number of likely N-dealkylation sites (N-methyl/N-ethyl adjacent to an activating group) is 1. The summed E-state index contributed by atoms with van der Waals surface area (Å²) in [5, 5.41) is 4.72. The van der Waals surface area contributed by atoms with Gasteiger partial charge in [-0.15, -0.1) is 23.5 Å². The van der Waals surface area contributed by atoms with Crippen LogP contribution in [0.2, 0.25) is 0 Å². The van der Waals surface area contributed by atoms with Gasteiger partial charge in [0.05, 0.1) is 0 Å². The molecule has 15 nitrogen and oxygen atoms in total. The summed E-state index contributed by atoms with van der Waals surface area (Å²) in [6.45, 7) is 5.66. The predicted molar refractivity (Wildman–Crippen MR) is 206 cm³/mol. The first-order valence-electron chi connectivity index (χ1n) is 17.8. The number of fused-ring (bicyclic) bond motifs is 1. The van der Waals surface area contributed by atoms with E-state index in [-0.39, 0.29) is 44.2 Å². The lowest BCUT2D eigenvalue weighted by Gasteiger charge is -2.52. The Morgan fingerprint density at radius 2 is 1.46 bits per heavy atom. The fraction of sp³-hybridized carbons (Fsp3) is 0.359. The maximum Gasteiger partial charge on any atom is 0.514 e. The second-order valence-corrected chi connectivity index (χ2v) is 16.4. The Bertz CT molecular complexity index is 2000. The number of benzene rings is 3. The van der Waals surface area contributed by atoms with Gasteiger partial charge in [-0.05, 0) is 55.9 Å². The molecule has 6 amide bonds. The second kappa shape index (κ2) is 16.7. The van der Waals surface area contributed by atoms with E-state index >= 15 is 0 Å². The van der Waals surface area contributed by atoms with E-state index in [4.69, 9.17) is 14.2 Å². The first-order valence-corrected chi connectivity index (χ1v) is 19.9. The van der Waals surface area contributed by atoms with Crippen LogP contribution in [0.3, 0.4) is 0 Å². The molecule has 3 fully saturated rings. The quantitative estimate of drug-likeness (QED) is 0.0890. The molecule has 56 heavy (non-hydrogen) atoms. The Hall–Kier alpha value is -5.55. The van der Waals surface area contributed by atoms with Crippen LogP contribution in [0.5, 0.6) is 5.75 Å². The molecule has 6 rings (SSSR count). The number of imide groups is 1. The van der Waals surface area contributed by atoms with Crippen LogP contribution in [-0.2, 0) is 46.7 Å². The number of nitrogens with zero attached hydrogens (tertiary/aromatic N) is 3. The number of hydrogen-bond donors (Lipinski definition) is 2. The van der Waals surface area contributed by atoms with Crippen LogP contribution in [0, 0.1) is 0 Å². The molecule has 0 saturated carbocycles. The van der Waals surface area contributed by atoms with Crippen molar-refractivity contribution in [3.63, 3.8) is 0 Å². The number of rotatable bonds is 12. The van der Waals surface area contributed by atoms with E-state index in [0.29, 0.717) is 0 Å². The van der Waals surface area contributed by atoms with Crippen LogP contribution in [0.25, 0.3) is 0 Å². The highest BCUT2D eigenvalue weighted by atomic mass is 32.2. The van der Waals surface area contributed by atoms with Crippen molar-refractivity contribution < 1.29 is 47.8 Å². The number of nitrogens with one attached hydrogen (secondary N) is 2. The Morgan fingerprint density at radius 3 is 2.05 bits per heavy atom. The zero-order valence-corrected chi connectivity index (χ0v) is 32.7. The van der Waals surface area contributed by atoms with Crippen molar-refractivity contribution in [3.8, 4) is 5.75 Å². The van der Waals surface area contributed by atoms with Gasteiger partial charge in [0, 0.05) is 24.4 Å². The monoisotopic (exact) mass is 803 g/mol. The summed E-state index contributed by atoms with van der Waals surface area (Å²) in [6, 6.07) is 20.4. The standard InChI is InChI=1S/C39H41N5O10S2/c1-5-42-20-21-43(32(47)31(42)46)36(50)40-28(26-16-18-27(19-17-26)54-37(51)53-23-25-14-10-7-11-15-25)30(45)41-39(55-4)34(49)44-29(38(2,3)56-35(39)44)33(48)52-22-24-12-8-6-9-13-24/h6-19,28-29,35H,5,20-23H2,1-4H3,(H,40,50)(H,41,45)/t28?,29-,35+,39-/m0/s1. The van der Waals surface area contributed by atoms with E-state index in [1.54, 1.807) is 37.4 Å². The maximum atomic E-state index is 14.3. The molecule has 3 aromatic rings. The number of thioether (sulfide) groups is 2. The number of piperazine rings is 1. The Labute approximate surface area is 331 Å². The Morgan fingerprint density at radius 1 is 0.857 bits per heavy atom. The summed E-state index contributed by atoms with van der Waals surface area (Å²) in [6.07, 6.45) is 0.686. The minimum atomic E-state index is -1.54. The van der Waals surface area contributed by atoms with Gasteiger partial charge in [0.15, 0.2) is 4.87 Å². The first-order chi connectivity index (χ1) is 26.8. The van der Waals surface area contributed by atoms with E-state index < -0.39 is 68.9 Å². The molecule has 3 aliphatic heterocycles. The van der Waals surface area contributed by atoms with Crippen molar-refractivity contribution >= 4 is 65.3 Å². The molecule has 0 aromatic heterocycles. The number of amides is 6. The molecule has 4 atom stereocenters. The summed E-state index contributed by atoms with van der Waals surface area (Å²) < 4.78 is 15.3. The van der Waals surface area contributed by atoms with E-state index in [9.17, 15) is 33.6 Å². The first kappa shape index (κ1) is 40.1. The molecule has 3 saturated heterocycles. The van der Waals surface area contributed by atoms with Crippen molar-refractivity contribution in [2.24, 2.45) is 0 Å². The third-order valence-electron chi connectivity index (χ3n) is 9.66. The zero-order chi connectivity index (χ0) is 40.2. The maximum absolute atomic E-state index is 14.3. The highest BCUT2D eigenvalue weighted by molar-refractivity contribution is 8.05. The van der Waals surface area contributed by atoms with Gasteiger partial charge in [0.1, 0.15) is 36.4 Å². The molecule has 3 aromatic carbocycles. The molecular formula is C39H41N5O10S2. The molecule has 0 aliphatic carbocycles. The minimum Gasteiger partial charge on any atom is -0.459 e. The van der Waals surface area contributed by atoms with E-state index in [1.165, 1.54) is 45.8 Å². The van der Waals surface area contributed by atoms with Crippen LogP contribution < -0.4 is 15.4 Å². The number of hydrogen-bond acceptors (Lipinski definition) is 12. The molecule has 0 bridgehead atoms. The van der Waals surface area contributed by atoms with Crippen molar-refractivity contribution in [1.29, 1.82) is 0 Å². The summed E-state index contributed by atoms with van der Waals surface area (Å²) in [7, 11) is 0. The van der Waals surface area contributed by atoms with Gasteiger partial charge < -0.3 is 34.6 Å². The number of ether oxygens (including phenoxy) is 3. The number of carbonyl (C=O) groups excluding carboxylic acids is 7. The third kappa shape index (κ3) is 8.04. The van der Waals surface area contributed by atoms with Gasteiger partial charge in [0.25, 0.3) is 5.91 Å². The summed E-state index contributed by atoms with van der Waals surface area (Å²) in [5.41, 5.74) is 1.75. The molecule has 1 unspecified atom stereocenters. The van der Waals surface area contributed by atoms with Gasteiger partial charge in [0.2, 0.25) is 5.91 Å². The summed E-state index contributed by atoms with van der Waals surface area (Å²) in [5.74, 6) is -3.74. The lowest BCUT2D eigenvalue weighted by Crippen LogP contribution is -2.78. The normalized spacial score (nSPS) is 21.7. The number of carbonyl (C=O) groups is 7. The largest absolute Gasteiger partial charge is 0.514 e. The van der Waals surface area contributed by atoms with E-state index in [2.05, 4.69) is 10.6 Å². The number of urea groups is 1. The molecule has 17 heteroatoms. The van der Waals surface area contributed by atoms with Gasteiger partial charge in [-0.1, -0.05) is 72.8 Å². The van der Waals surface area contributed by atoms with Gasteiger partial charge in [-0.2, -0.15) is 0 Å². The van der Waals surface area contributed by atoms with Crippen LogP contribution >= 0.6 is 23.5 Å². The molecule has 0 radical (unpaired) electrons.